The highest BCUT2D eigenvalue weighted by Gasteiger charge is 2.19. The van der Waals surface area contributed by atoms with E-state index in [4.69, 9.17) is 11.6 Å². The summed E-state index contributed by atoms with van der Waals surface area (Å²) in [6, 6.07) is 15.0. The molecule has 2 aromatic carbocycles. The molecule has 3 aromatic rings. The lowest BCUT2D eigenvalue weighted by Gasteiger charge is -2.14. The molecule has 0 fully saturated rings. The van der Waals surface area contributed by atoms with Gasteiger partial charge in [0.15, 0.2) is 0 Å². The third-order valence-corrected chi connectivity index (χ3v) is 4.33. The second-order valence-electron chi connectivity index (χ2n) is 4.47. The summed E-state index contributed by atoms with van der Waals surface area (Å²) >= 11 is 8.20. The van der Waals surface area contributed by atoms with Crippen LogP contribution in [0.1, 0.15) is 17.4 Å². The first kappa shape index (κ1) is 14.5. The number of para-hydroxylation sites is 1. The monoisotopic (exact) mass is 411 g/mol. The van der Waals surface area contributed by atoms with Crippen LogP contribution in [0.3, 0.4) is 0 Å². The number of aliphatic hydroxyl groups excluding tert-OH is 1. The minimum Gasteiger partial charge on any atom is -0.382 e. The lowest BCUT2D eigenvalue weighted by Crippen LogP contribution is -2.09. The minimum absolute atomic E-state index is 0.586. The maximum Gasteiger partial charge on any atom is 0.124 e. The highest BCUT2D eigenvalue weighted by atomic mass is 127. The molecule has 1 N–H and O–H groups in total. The molecule has 3 rings (SSSR count). The number of halogens is 2. The SMILES string of the molecule is OC(c1cc(Cl)ccc1I)c1cnnn1-c1ccccc1. The summed E-state index contributed by atoms with van der Waals surface area (Å²) < 4.78 is 2.56. The van der Waals surface area contributed by atoms with Gasteiger partial charge in [-0.2, -0.15) is 0 Å². The first-order chi connectivity index (χ1) is 10.2. The fraction of sp³-hybridized carbons (Fsp3) is 0.0667. The van der Waals surface area contributed by atoms with Gasteiger partial charge in [-0.15, -0.1) is 5.10 Å². The van der Waals surface area contributed by atoms with Crippen LogP contribution in [-0.4, -0.2) is 20.1 Å². The van der Waals surface area contributed by atoms with Gasteiger partial charge in [0.05, 0.1) is 17.6 Å². The lowest BCUT2D eigenvalue weighted by atomic mass is 10.1. The molecule has 1 aromatic heterocycles. The van der Waals surface area contributed by atoms with Gasteiger partial charge in [0.1, 0.15) is 6.10 Å². The van der Waals surface area contributed by atoms with Crippen LogP contribution in [0.15, 0.2) is 54.7 Å². The highest BCUT2D eigenvalue weighted by Crippen LogP contribution is 2.29. The fourth-order valence-corrected chi connectivity index (χ4v) is 2.89. The van der Waals surface area contributed by atoms with Crippen LogP contribution >= 0.6 is 34.2 Å². The zero-order valence-corrected chi connectivity index (χ0v) is 13.7. The van der Waals surface area contributed by atoms with E-state index in [9.17, 15) is 5.11 Å². The van der Waals surface area contributed by atoms with E-state index in [1.807, 2.05) is 36.4 Å². The Hall–Kier alpha value is -1.44. The Morgan fingerprint density at radius 3 is 2.67 bits per heavy atom. The average Bonchev–Trinajstić information content (AvgIpc) is 2.99. The van der Waals surface area contributed by atoms with Crippen molar-refractivity contribution in [2.24, 2.45) is 0 Å². The van der Waals surface area contributed by atoms with Crippen molar-refractivity contribution >= 4 is 34.2 Å². The quantitative estimate of drug-likeness (QED) is 0.670. The van der Waals surface area contributed by atoms with Crippen LogP contribution in [0.25, 0.3) is 5.69 Å². The maximum atomic E-state index is 10.7. The van der Waals surface area contributed by atoms with E-state index in [1.54, 1.807) is 23.0 Å². The Kier molecular flexibility index (Phi) is 4.23. The van der Waals surface area contributed by atoms with Crippen molar-refractivity contribution in [3.8, 4) is 5.69 Å². The van der Waals surface area contributed by atoms with Gasteiger partial charge in [-0.05, 0) is 52.9 Å². The molecule has 1 heterocycles. The smallest absolute Gasteiger partial charge is 0.124 e. The number of benzene rings is 2. The van der Waals surface area contributed by atoms with Crippen molar-refractivity contribution in [3.05, 3.63) is 74.6 Å². The zero-order chi connectivity index (χ0) is 14.8. The Balaban J connectivity index is 2.06. The van der Waals surface area contributed by atoms with E-state index in [2.05, 4.69) is 32.9 Å². The molecule has 4 nitrogen and oxygen atoms in total. The number of nitrogens with zero attached hydrogens (tertiary/aromatic N) is 3. The molecule has 6 heteroatoms. The molecule has 21 heavy (non-hydrogen) atoms. The van der Waals surface area contributed by atoms with Gasteiger partial charge >= 0.3 is 0 Å². The predicted molar refractivity (Wildman–Crippen MR) is 89.6 cm³/mol. The number of hydrogen-bond acceptors (Lipinski definition) is 3. The topological polar surface area (TPSA) is 50.9 Å². The Labute approximate surface area is 140 Å². The maximum absolute atomic E-state index is 10.7. The third kappa shape index (κ3) is 2.95. The summed E-state index contributed by atoms with van der Waals surface area (Å²) in [5.41, 5.74) is 2.19. The summed E-state index contributed by atoms with van der Waals surface area (Å²) in [5.74, 6) is 0. The average molecular weight is 412 g/mol. The number of rotatable bonds is 3. The largest absolute Gasteiger partial charge is 0.382 e. The highest BCUT2D eigenvalue weighted by molar-refractivity contribution is 14.1. The van der Waals surface area contributed by atoms with Gasteiger partial charge in [0.25, 0.3) is 0 Å². The molecule has 1 unspecified atom stereocenters. The van der Waals surface area contributed by atoms with E-state index >= 15 is 0 Å². The van der Waals surface area contributed by atoms with Crippen molar-refractivity contribution in [3.63, 3.8) is 0 Å². The Morgan fingerprint density at radius 2 is 1.90 bits per heavy atom. The summed E-state index contributed by atoms with van der Waals surface area (Å²) in [5, 5.41) is 19.2. The molecule has 0 saturated heterocycles. The molecule has 0 saturated carbocycles. The van der Waals surface area contributed by atoms with Crippen LogP contribution in [0.4, 0.5) is 0 Å². The number of aromatic nitrogens is 3. The first-order valence-electron chi connectivity index (χ1n) is 6.26. The summed E-state index contributed by atoms with van der Waals surface area (Å²) in [7, 11) is 0. The molecule has 0 radical (unpaired) electrons. The van der Waals surface area contributed by atoms with E-state index in [1.165, 1.54) is 0 Å². The number of aliphatic hydroxyl groups is 1. The van der Waals surface area contributed by atoms with E-state index in [0.29, 0.717) is 10.7 Å². The molecule has 0 spiro atoms. The fourth-order valence-electron chi connectivity index (χ4n) is 2.08. The predicted octanol–water partition coefficient (Wildman–Crippen LogP) is 3.61. The zero-order valence-electron chi connectivity index (χ0n) is 10.8. The summed E-state index contributed by atoms with van der Waals surface area (Å²) in [6.45, 7) is 0. The van der Waals surface area contributed by atoms with Crippen molar-refractivity contribution in [2.75, 3.05) is 0 Å². The molecule has 0 aliphatic heterocycles. The first-order valence-corrected chi connectivity index (χ1v) is 7.71. The van der Waals surface area contributed by atoms with E-state index in [-0.39, 0.29) is 0 Å². The summed E-state index contributed by atoms with van der Waals surface area (Å²) in [6.07, 6.45) is 0.722. The van der Waals surface area contributed by atoms with E-state index in [0.717, 1.165) is 14.8 Å². The van der Waals surface area contributed by atoms with Gasteiger partial charge < -0.3 is 5.11 Å². The third-order valence-electron chi connectivity index (χ3n) is 3.11. The van der Waals surface area contributed by atoms with E-state index < -0.39 is 6.10 Å². The van der Waals surface area contributed by atoms with Gasteiger partial charge in [-0.3, -0.25) is 0 Å². The van der Waals surface area contributed by atoms with Crippen molar-refractivity contribution in [2.45, 2.75) is 6.10 Å². The Morgan fingerprint density at radius 1 is 1.14 bits per heavy atom. The van der Waals surface area contributed by atoms with Gasteiger partial charge in [-0.25, -0.2) is 4.68 Å². The lowest BCUT2D eigenvalue weighted by molar-refractivity contribution is 0.211. The van der Waals surface area contributed by atoms with Crippen LogP contribution < -0.4 is 0 Å². The minimum atomic E-state index is -0.842. The standard InChI is InChI=1S/C15H11ClIN3O/c16-10-6-7-13(17)12(8-10)15(21)14-9-18-19-20(14)11-4-2-1-3-5-11/h1-9,15,21H. The van der Waals surface area contributed by atoms with Gasteiger partial charge in [0, 0.05) is 14.2 Å². The second kappa shape index (κ2) is 6.13. The van der Waals surface area contributed by atoms with Crippen LogP contribution in [0, 0.1) is 3.57 Å². The van der Waals surface area contributed by atoms with Crippen molar-refractivity contribution < 1.29 is 5.11 Å². The molecule has 0 bridgehead atoms. The normalized spacial score (nSPS) is 12.3. The van der Waals surface area contributed by atoms with Crippen molar-refractivity contribution in [1.82, 2.24) is 15.0 Å². The molecular weight excluding hydrogens is 401 g/mol. The number of hydrogen-bond donors (Lipinski definition) is 1. The molecule has 0 amide bonds. The van der Waals surface area contributed by atoms with Crippen LogP contribution in [0.5, 0.6) is 0 Å². The molecule has 1 atom stereocenters. The van der Waals surface area contributed by atoms with Crippen LogP contribution in [-0.2, 0) is 0 Å². The summed E-state index contributed by atoms with van der Waals surface area (Å²) in [4.78, 5) is 0. The molecular formula is C15H11ClIN3O. The van der Waals surface area contributed by atoms with Gasteiger partial charge in [0.2, 0.25) is 0 Å². The molecule has 106 valence electrons. The second-order valence-corrected chi connectivity index (χ2v) is 6.07. The Bertz CT molecular complexity index is 761. The van der Waals surface area contributed by atoms with Crippen molar-refractivity contribution in [1.29, 1.82) is 0 Å². The molecule has 0 aliphatic rings. The molecule has 0 aliphatic carbocycles. The van der Waals surface area contributed by atoms with Gasteiger partial charge in [-0.1, -0.05) is 35.0 Å². The van der Waals surface area contributed by atoms with Crippen LogP contribution in [0.2, 0.25) is 5.02 Å².